The molecule has 0 radical (unpaired) electrons. The second-order valence-corrected chi connectivity index (χ2v) is 5.87. The lowest BCUT2D eigenvalue weighted by Crippen LogP contribution is -2.10. The Morgan fingerprint density at radius 1 is 0.889 bits per heavy atom. The van der Waals surface area contributed by atoms with E-state index in [0.29, 0.717) is 23.6 Å². The van der Waals surface area contributed by atoms with Gasteiger partial charge in [-0.25, -0.2) is 0 Å². The Bertz CT molecular complexity index is 941. The molecule has 2 amide bonds. The van der Waals surface area contributed by atoms with Crippen molar-refractivity contribution in [1.29, 1.82) is 0 Å². The molecule has 0 atom stereocenters. The summed E-state index contributed by atoms with van der Waals surface area (Å²) >= 11 is 0. The molecular weight excluding hydrogens is 340 g/mol. The normalized spacial score (nSPS) is 10.7. The average Bonchev–Trinajstić information content (AvgIpc) is 3.17. The van der Waals surface area contributed by atoms with Crippen molar-refractivity contribution in [2.24, 2.45) is 0 Å². The molecule has 5 nitrogen and oxygen atoms in total. The maximum Gasteiger partial charge on any atom is 0.248 e. The first-order valence-electron chi connectivity index (χ1n) is 8.68. The van der Waals surface area contributed by atoms with Crippen molar-refractivity contribution in [2.75, 3.05) is 10.6 Å². The molecule has 0 saturated carbocycles. The highest BCUT2D eigenvalue weighted by Gasteiger charge is 2.04. The Labute approximate surface area is 157 Å². The van der Waals surface area contributed by atoms with E-state index < -0.39 is 0 Å². The number of nitrogens with one attached hydrogen (secondary N) is 2. The predicted octanol–water partition coefficient (Wildman–Crippen LogP) is 4.95. The fourth-order valence-electron chi connectivity index (χ4n) is 2.43. The van der Waals surface area contributed by atoms with Gasteiger partial charge in [-0.15, -0.1) is 0 Å². The summed E-state index contributed by atoms with van der Waals surface area (Å²) < 4.78 is 5.73. The predicted molar refractivity (Wildman–Crippen MR) is 107 cm³/mol. The molecule has 2 aromatic carbocycles. The van der Waals surface area contributed by atoms with Gasteiger partial charge >= 0.3 is 0 Å². The number of carbonyl (C=O) groups excluding carboxylic acids is 2. The van der Waals surface area contributed by atoms with Crippen LogP contribution >= 0.6 is 0 Å². The van der Waals surface area contributed by atoms with Gasteiger partial charge in [0, 0.05) is 29.4 Å². The van der Waals surface area contributed by atoms with E-state index in [1.807, 2.05) is 42.5 Å². The average molecular weight is 360 g/mol. The third kappa shape index (κ3) is 5.19. The molecule has 0 bridgehead atoms. The summed E-state index contributed by atoms with van der Waals surface area (Å²) in [4.78, 5) is 23.4. The van der Waals surface area contributed by atoms with E-state index in [2.05, 4.69) is 10.6 Å². The summed E-state index contributed by atoms with van der Waals surface area (Å²) in [5.41, 5.74) is 2.32. The van der Waals surface area contributed by atoms with Crippen molar-refractivity contribution >= 4 is 29.3 Å². The van der Waals surface area contributed by atoms with Crippen LogP contribution in [0.2, 0.25) is 0 Å². The third-order valence-electron chi connectivity index (χ3n) is 3.84. The van der Waals surface area contributed by atoms with Crippen molar-refractivity contribution < 1.29 is 14.0 Å². The number of rotatable bonds is 6. The largest absolute Gasteiger partial charge is 0.457 e. The fourth-order valence-corrected chi connectivity index (χ4v) is 2.43. The quantitative estimate of drug-likeness (QED) is 0.611. The van der Waals surface area contributed by atoms with E-state index in [9.17, 15) is 9.59 Å². The molecular formula is C22H20N2O3. The van der Waals surface area contributed by atoms with Gasteiger partial charge in [0.1, 0.15) is 11.5 Å². The van der Waals surface area contributed by atoms with Gasteiger partial charge in [-0.2, -0.15) is 0 Å². The zero-order valence-electron chi connectivity index (χ0n) is 14.9. The minimum atomic E-state index is -0.266. The van der Waals surface area contributed by atoms with E-state index in [-0.39, 0.29) is 11.8 Å². The smallest absolute Gasteiger partial charge is 0.248 e. The summed E-state index contributed by atoms with van der Waals surface area (Å²) in [6, 6.07) is 20.4. The molecule has 3 aromatic rings. The zero-order chi connectivity index (χ0) is 19.1. The molecule has 0 unspecified atom stereocenters. The van der Waals surface area contributed by atoms with Crippen LogP contribution in [-0.4, -0.2) is 11.8 Å². The second kappa shape index (κ2) is 8.67. The molecule has 0 spiro atoms. The summed E-state index contributed by atoms with van der Waals surface area (Å²) in [5.74, 6) is 1.03. The number of hydrogen-bond acceptors (Lipinski definition) is 3. The van der Waals surface area contributed by atoms with E-state index in [1.165, 1.54) is 6.08 Å². The minimum Gasteiger partial charge on any atom is -0.457 e. The van der Waals surface area contributed by atoms with Gasteiger partial charge in [0.05, 0.1) is 0 Å². The third-order valence-corrected chi connectivity index (χ3v) is 3.84. The number of furan rings is 1. The van der Waals surface area contributed by atoms with Crippen LogP contribution in [0.3, 0.4) is 0 Å². The molecule has 1 heterocycles. The molecule has 27 heavy (non-hydrogen) atoms. The summed E-state index contributed by atoms with van der Waals surface area (Å²) in [5, 5.41) is 5.52. The van der Waals surface area contributed by atoms with Crippen molar-refractivity contribution in [2.45, 2.75) is 13.3 Å². The van der Waals surface area contributed by atoms with Crippen molar-refractivity contribution in [3.05, 3.63) is 78.6 Å². The zero-order valence-corrected chi connectivity index (χ0v) is 14.9. The van der Waals surface area contributed by atoms with Gasteiger partial charge in [-0.3, -0.25) is 9.59 Å². The molecule has 3 rings (SSSR count). The fraction of sp³-hybridized carbons (Fsp3) is 0.0909. The number of benzene rings is 2. The maximum absolute atomic E-state index is 12.1. The minimum absolute atomic E-state index is 0.0527. The topological polar surface area (TPSA) is 71.3 Å². The van der Waals surface area contributed by atoms with Crippen LogP contribution in [0.25, 0.3) is 17.4 Å². The Balaban J connectivity index is 1.57. The van der Waals surface area contributed by atoms with Gasteiger partial charge in [-0.05, 0) is 42.5 Å². The first-order valence-corrected chi connectivity index (χ1v) is 8.68. The summed E-state index contributed by atoms with van der Waals surface area (Å²) in [7, 11) is 0. The SMILES string of the molecule is CCC(=O)Nc1ccc(NC(=O)/C=C/c2ccc(-c3ccccc3)o2)cc1. The highest BCUT2D eigenvalue weighted by Crippen LogP contribution is 2.22. The van der Waals surface area contributed by atoms with Gasteiger partial charge in [0.25, 0.3) is 0 Å². The summed E-state index contributed by atoms with van der Waals surface area (Å²) in [6.07, 6.45) is 3.46. The molecule has 136 valence electrons. The lowest BCUT2D eigenvalue weighted by molar-refractivity contribution is -0.116. The van der Waals surface area contributed by atoms with Gasteiger partial charge in [0.2, 0.25) is 11.8 Å². The molecule has 0 aliphatic heterocycles. The van der Waals surface area contributed by atoms with Crippen molar-refractivity contribution in [3.8, 4) is 11.3 Å². The van der Waals surface area contributed by atoms with Crippen LogP contribution in [0.15, 0.2) is 77.2 Å². The van der Waals surface area contributed by atoms with Gasteiger partial charge in [-0.1, -0.05) is 37.3 Å². The van der Waals surface area contributed by atoms with Crippen LogP contribution < -0.4 is 10.6 Å². The Morgan fingerprint density at radius 2 is 1.56 bits per heavy atom. The molecule has 0 fully saturated rings. The van der Waals surface area contributed by atoms with Gasteiger partial charge in [0.15, 0.2) is 0 Å². The van der Waals surface area contributed by atoms with Crippen LogP contribution in [0.4, 0.5) is 11.4 Å². The Hall–Kier alpha value is -3.60. The second-order valence-electron chi connectivity index (χ2n) is 5.87. The number of anilines is 2. The highest BCUT2D eigenvalue weighted by molar-refractivity contribution is 6.02. The highest BCUT2D eigenvalue weighted by atomic mass is 16.3. The van der Waals surface area contributed by atoms with E-state index in [0.717, 1.165) is 11.3 Å². The van der Waals surface area contributed by atoms with Gasteiger partial charge < -0.3 is 15.1 Å². The molecule has 0 aliphatic rings. The number of hydrogen-bond donors (Lipinski definition) is 2. The van der Waals surface area contributed by atoms with Crippen LogP contribution in [0.1, 0.15) is 19.1 Å². The summed E-state index contributed by atoms with van der Waals surface area (Å²) in [6.45, 7) is 1.79. The lowest BCUT2D eigenvalue weighted by Gasteiger charge is -2.05. The van der Waals surface area contributed by atoms with Crippen LogP contribution in [-0.2, 0) is 9.59 Å². The number of carbonyl (C=O) groups is 2. The molecule has 0 saturated heterocycles. The molecule has 0 aliphatic carbocycles. The van der Waals surface area contributed by atoms with E-state index >= 15 is 0 Å². The Morgan fingerprint density at radius 3 is 2.22 bits per heavy atom. The maximum atomic E-state index is 12.1. The Kier molecular flexibility index (Phi) is 5.84. The molecule has 5 heteroatoms. The van der Waals surface area contributed by atoms with Crippen molar-refractivity contribution in [1.82, 2.24) is 0 Å². The monoisotopic (exact) mass is 360 g/mol. The molecule has 2 N–H and O–H groups in total. The lowest BCUT2D eigenvalue weighted by atomic mass is 10.2. The molecule has 1 aromatic heterocycles. The van der Waals surface area contributed by atoms with Crippen LogP contribution in [0.5, 0.6) is 0 Å². The number of amides is 2. The first kappa shape index (κ1) is 18.2. The van der Waals surface area contributed by atoms with Crippen LogP contribution in [0, 0.1) is 0 Å². The first-order chi connectivity index (χ1) is 13.1. The van der Waals surface area contributed by atoms with E-state index in [4.69, 9.17) is 4.42 Å². The van der Waals surface area contributed by atoms with E-state index in [1.54, 1.807) is 37.3 Å². The van der Waals surface area contributed by atoms with Crippen molar-refractivity contribution in [3.63, 3.8) is 0 Å². The standard InChI is InChI=1S/C22H20N2O3/c1-2-21(25)23-17-8-10-18(11-9-17)24-22(26)15-13-19-12-14-20(27-19)16-6-4-3-5-7-16/h3-15H,2H2,1H3,(H,23,25)(H,24,26)/b15-13+.